The van der Waals surface area contributed by atoms with Crippen LogP contribution in [0.15, 0.2) is 48.5 Å². The van der Waals surface area contributed by atoms with Gasteiger partial charge >= 0.3 is 0 Å². The predicted octanol–water partition coefficient (Wildman–Crippen LogP) is 3.24. The number of carbonyl (C=O) groups excluding carboxylic acids is 1. The first-order valence-electron chi connectivity index (χ1n) is 6.59. The number of hydrogen-bond donors (Lipinski definition) is 1. The molecule has 0 fully saturated rings. The van der Waals surface area contributed by atoms with Crippen molar-refractivity contribution in [3.63, 3.8) is 0 Å². The van der Waals surface area contributed by atoms with Gasteiger partial charge in [0.25, 0.3) is 5.91 Å². The van der Waals surface area contributed by atoms with Crippen LogP contribution < -0.4 is 14.8 Å². The average molecular weight is 289 g/mol. The van der Waals surface area contributed by atoms with E-state index >= 15 is 0 Å². The van der Waals surface area contributed by atoms with E-state index in [-0.39, 0.29) is 12.5 Å². The van der Waals surface area contributed by atoms with E-state index in [1.807, 2.05) is 13.0 Å². The first-order chi connectivity index (χ1) is 10.2. The number of carbonyl (C=O) groups is 1. The van der Waals surface area contributed by atoms with Crippen molar-refractivity contribution in [3.8, 4) is 11.5 Å². The Morgan fingerprint density at radius 2 is 1.81 bits per heavy atom. The van der Waals surface area contributed by atoms with Crippen LogP contribution in [0.5, 0.6) is 11.5 Å². The van der Waals surface area contributed by atoms with Crippen molar-refractivity contribution in [3.05, 3.63) is 54.3 Å². The van der Waals surface area contributed by atoms with Crippen LogP contribution in [0.25, 0.3) is 0 Å². The van der Waals surface area contributed by atoms with Gasteiger partial charge in [-0.15, -0.1) is 0 Å². The molecule has 0 aliphatic heterocycles. The monoisotopic (exact) mass is 289 g/mol. The summed E-state index contributed by atoms with van der Waals surface area (Å²) in [5, 5.41) is 2.56. The third-order valence-electron chi connectivity index (χ3n) is 2.62. The summed E-state index contributed by atoms with van der Waals surface area (Å²) < 4.78 is 23.8. The Bertz CT molecular complexity index is 616. The molecule has 0 spiro atoms. The van der Waals surface area contributed by atoms with Crippen molar-refractivity contribution in [1.82, 2.24) is 0 Å². The van der Waals surface area contributed by atoms with Crippen LogP contribution in [-0.4, -0.2) is 19.1 Å². The van der Waals surface area contributed by atoms with Crippen LogP contribution in [0.2, 0.25) is 0 Å². The van der Waals surface area contributed by atoms with Gasteiger partial charge in [-0.2, -0.15) is 0 Å². The molecule has 0 heterocycles. The van der Waals surface area contributed by atoms with Crippen molar-refractivity contribution in [2.45, 2.75) is 6.92 Å². The zero-order valence-corrected chi connectivity index (χ0v) is 11.6. The Balaban J connectivity index is 1.92. The minimum atomic E-state index is -0.407. The number of amides is 1. The van der Waals surface area contributed by atoms with Gasteiger partial charge < -0.3 is 14.8 Å². The summed E-state index contributed by atoms with van der Waals surface area (Å²) in [7, 11) is 0. The second-order valence-corrected chi connectivity index (χ2v) is 4.23. The molecule has 1 amide bonds. The summed E-state index contributed by atoms with van der Waals surface area (Å²) in [5.74, 6) is 0.301. The summed E-state index contributed by atoms with van der Waals surface area (Å²) in [6.45, 7) is 2.20. The first kappa shape index (κ1) is 14.8. The van der Waals surface area contributed by atoms with Crippen LogP contribution in [0.3, 0.4) is 0 Å². The van der Waals surface area contributed by atoms with E-state index in [9.17, 15) is 9.18 Å². The molecule has 110 valence electrons. The smallest absolute Gasteiger partial charge is 0.262 e. The van der Waals surface area contributed by atoms with Crippen molar-refractivity contribution >= 4 is 11.6 Å². The third-order valence-corrected chi connectivity index (χ3v) is 2.62. The van der Waals surface area contributed by atoms with E-state index < -0.39 is 5.82 Å². The SMILES string of the molecule is CCOc1ccccc1OCC(=O)Nc1cccc(F)c1. The van der Waals surface area contributed by atoms with E-state index in [2.05, 4.69) is 5.32 Å². The zero-order valence-electron chi connectivity index (χ0n) is 11.6. The minimum Gasteiger partial charge on any atom is -0.490 e. The summed E-state index contributed by atoms with van der Waals surface area (Å²) >= 11 is 0. The molecule has 0 bridgehead atoms. The van der Waals surface area contributed by atoms with Crippen LogP contribution in [0, 0.1) is 5.82 Å². The summed E-state index contributed by atoms with van der Waals surface area (Å²) in [4.78, 5) is 11.8. The quantitative estimate of drug-likeness (QED) is 0.888. The maximum Gasteiger partial charge on any atom is 0.262 e. The van der Waals surface area contributed by atoms with Gasteiger partial charge in [0.05, 0.1) is 6.61 Å². The van der Waals surface area contributed by atoms with Crippen LogP contribution in [0.1, 0.15) is 6.92 Å². The minimum absolute atomic E-state index is 0.180. The van der Waals surface area contributed by atoms with Gasteiger partial charge in [0.15, 0.2) is 18.1 Å². The molecule has 0 atom stereocenters. The predicted molar refractivity (Wildman–Crippen MR) is 78.1 cm³/mol. The molecule has 0 saturated carbocycles. The fourth-order valence-corrected chi connectivity index (χ4v) is 1.75. The molecule has 0 aromatic heterocycles. The van der Waals surface area contributed by atoms with Gasteiger partial charge in [-0.25, -0.2) is 4.39 Å². The molecule has 0 radical (unpaired) electrons. The van der Waals surface area contributed by atoms with Crippen molar-refractivity contribution < 1.29 is 18.7 Å². The number of ether oxygens (including phenoxy) is 2. The maximum atomic E-state index is 13.0. The molecule has 0 aliphatic carbocycles. The highest BCUT2D eigenvalue weighted by atomic mass is 19.1. The fourth-order valence-electron chi connectivity index (χ4n) is 1.75. The Hall–Kier alpha value is -2.56. The lowest BCUT2D eigenvalue weighted by Gasteiger charge is -2.11. The number of hydrogen-bond acceptors (Lipinski definition) is 3. The highest BCUT2D eigenvalue weighted by Gasteiger charge is 2.08. The third kappa shape index (κ3) is 4.49. The van der Waals surface area contributed by atoms with Crippen molar-refractivity contribution in [2.24, 2.45) is 0 Å². The van der Waals surface area contributed by atoms with Crippen LogP contribution in [0.4, 0.5) is 10.1 Å². The number of para-hydroxylation sites is 2. The average Bonchev–Trinajstić information content (AvgIpc) is 2.47. The van der Waals surface area contributed by atoms with E-state index in [4.69, 9.17) is 9.47 Å². The topological polar surface area (TPSA) is 47.6 Å². The molecule has 2 rings (SSSR count). The van der Waals surface area contributed by atoms with Gasteiger partial charge in [-0.3, -0.25) is 4.79 Å². The van der Waals surface area contributed by atoms with Gasteiger partial charge in [-0.05, 0) is 37.3 Å². The largest absolute Gasteiger partial charge is 0.490 e. The maximum absolute atomic E-state index is 13.0. The van der Waals surface area contributed by atoms with Gasteiger partial charge in [0, 0.05) is 5.69 Å². The molecule has 5 heteroatoms. The molecular weight excluding hydrogens is 273 g/mol. The lowest BCUT2D eigenvalue weighted by molar-refractivity contribution is -0.118. The number of benzene rings is 2. The molecule has 0 aliphatic rings. The van der Waals surface area contributed by atoms with Gasteiger partial charge in [0.2, 0.25) is 0 Å². The molecule has 0 unspecified atom stereocenters. The van der Waals surface area contributed by atoms with Gasteiger partial charge in [0.1, 0.15) is 5.82 Å². The number of rotatable bonds is 6. The second kappa shape index (κ2) is 7.28. The Morgan fingerprint density at radius 3 is 2.48 bits per heavy atom. The fraction of sp³-hybridized carbons (Fsp3) is 0.188. The van der Waals surface area contributed by atoms with Crippen LogP contribution in [-0.2, 0) is 4.79 Å². The number of halogens is 1. The summed E-state index contributed by atoms with van der Waals surface area (Å²) in [5.41, 5.74) is 0.390. The lowest BCUT2D eigenvalue weighted by Crippen LogP contribution is -2.20. The Kier molecular flexibility index (Phi) is 5.15. The Labute approximate surface area is 122 Å². The van der Waals surface area contributed by atoms with Crippen LogP contribution >= 0.6 is 0 Å². The molecular formula is C16H16FNO3. The molecule has 21 heavy (non-hydrogen) atoms. The second-order valence-electron chi connectivity index (χ2n) is 4.23. The van der Waals surface area contributed by atoms with E-state index in [0.717, 1.165) is 0 Å². The molecule has 2 aromatic carbocycles. The summed E-state index contributed by atoms with van der Waals surface area (Å²) in [6, 6.07) is 12.8. The molecule has 0 saturated heterocycles. The van der Waals surface area contributed by atoms with E-state index in [1.54, 1.807) is 24.3 Å². The lowest BCUT2D eigenvalue weighted by atomic mass is 10.3. The van der Waals surface area contributed by atoms with Crippen molar-refractivity contribution in [1.29, 1.82) is 0 Å². The zero-order chi connectivity index (χ0) is 15.1. The highest BCUT2D eigenvalue weighted by molar-refractivity contribution is 5.91. The molecule has 1 N–H and O–H groups in total. The first-order valence-corrected chi connectivity index (χ1v) is 6.59. The van der Waals surface area contributed by atoms with E-state index in [1.165, 1.54) is 18.2 Å². The summed E-state index contributed by atoms with van der Waals surface area (Å²) in [6.07, 6.45) is 0. The van der Waals surface area contributed by atoms with Crippen molar-refractivity contribution in [2.75, 3.05) is 18.5 Å². The highest BCUT2D eigenvalue weighted by Crippen LogP contribution is 2.26. The van der Waals surface area contributed by atoms with Gasteiger partial charge in [-0.1, -0.05) is 18.2 Å². The van der Waals surface area contributed by atoms with E-state index in [0.29, 0.717) is 23.8 Å². The standard InChI is InChI=1S/C16H16FNO3/c1-2-20-14-8-3-4-9-15(14)21-11-16(19)18-13-7-5-6-12(17)10-13/h3-10H,2,11H2,1H3,(H,18,19). The molecule has 4 nitrogen and oxygen atoms in total. The number of anilines is 1. The molecule has 2 aromatic rings. The Morgan fingerprint density at radius 1 is 1.10 bits per heavy atom. The number of nitrogens with one attached hydrogen (secondary N) is 1. The normalized spacial score (nSPS) is 10.0.